The number of halogens is 3. The monoisotopic (exact) mass is 1940 g/mol. The number of Topliss-reactive ketones (excluding diaryl/α,β-unsaturated/α-hetero) is 4. The van der Waals surface area contributed by atoms with Crippen molar-refractivity contribution >= 4 is 81.8 Å². The summed E-state index contributed by atoms with van der Waals surface area (Å²) in [5.74, 6) is 6.21. The highest BCUT2D eigenvalue weighted by molar-refractivity contribution is 6.32. The van der Waals surface area contributed by atoms with Gasteiger partial charge in [-0.3, -0.25) is 38.4 Å². The molecule has 0 spiro atoms. The van der Waals surface area contributed by atoms with E-state index < -0.39 is 41.6 Å². The summed E-state index contributed by atoms with van der Waals surface area (Å²) >= 11 is 18.9. The summed E-state index contributed by atoms with van der Waals surface area (Å²) in [4.78, 5) is 98.7. The maximum Gasteiger partial charge on any atom is 0.304 e. The van der Waals surface area contributed by atoms with E-state index in [-0.39, 0.29) is 93.3 Å². The molecule has 8 aliphatic rings. The molecule has 20 nitrogen and oxygen atoms in total. The van der Waals surface area contributed by atoms with Crippen LogP contribution in [-0.2, 0) is 64.0 Å². The summed E-state index contributed by atoms with van der Waals surface area (Å²) in [5, 5.41) is 57.6. The maximum absolute atomic E-state index is 13.2. The summed E-state index contributed by atoms with van der Waals surface area (Å²) in [6, 6.07) is 23.1. The van der Waals surface area contributed by atoms with E-state index in [9.17, 15) is 58.8 Å². The van der Waals surface area contributed by atoms with Crippen LogP contribution >= 0.6 is 34.8 Å². The average molecular weight is 1940 g/mol. The number of nitrogens with zero attached hydrogens (tertiary/aromatic N) is 4. The number of carbonyl (C=O) groups excluding carboxylic acids is 4. The van der Waals surface area contributed by atoms with E-state index in [2.05, 4.69) is 103 Å². The van der Waals surface area contributed by atoms with Crippen LogP contribution in [0.4, 0.5) is 0 Å². The zero-order chi connectivity index (χ0) is 98.8. The molecule has 137 heavy (non-hydrogen) atoms. The van der Waals surface area contributed by atoms with Gasteiger partial charge < -0.3 is 38.5 Å². The Morgan fingerprint density at radius 1 is 0.358 bits per heavy atom. The van der Waals surface area contributed by atoms with Crippen molar-refractivity contribution in [1.29, 1.82) is 0 Å². The smallest absolute Gasteiger partial charge is 0.304 e. The molecule has 0 amide bonds. The Balaban J connectivity index is 0.000000154. The molecule has 4 unspecified atom stereocenters. The first-order valence-corrected chi connectivity index (χ1v) is 52.3. The lowest BCUT2D eigenvalue weighted by Gasteiger charge is -2.38. The van der Waals surface area contributed by atoms with E-state index in [0.29, 0.717) is 121 Å². The van der Waals surface area contributed by atoms with Gasteiger partial charge in [0.05, 0.1) is 42.0 Å². The third kappa shape index (κ3) is 29.9. The Kier molecular flexibility index (Phi) is 36.0. The highest BCUT2D eigenvalue weighted by atomic mass is 35.5. The van der Waals surface area contributed by atoms with Crippen molar-refractivity contribution in [2.45, 2.75) is 400 Å². The third-order valence-electron chi connectivity index (χ3n) is 30.0. The molecule has 4 aromatic heterocycles. The lowest BCUT2D eigenvalue weighted by atomic mass is 9.66. The molecule has 4 atom stereocenters. The van der Waals surface area contributed by atoms with Gasteiger partial charge in [-0.15, -0.1) is 0 Å². The van der Waals surface area contributed by atoms with Gasteiger partial charge in [0.15, 0.2) is 0 Å². The first-order valence-electron chi connectivity index (χ1n) is 51.2. The molecule has 8 aliphatic carbocycles. The number of aliphatic carboxylic acids is 4. The zero-order valence-corrected chi connectivity index (χ0v) is 85.9. The summed E-state index contributed by atoms with van der Waals surface area (Å²) in [5.41, 5.74) is 16.9. The Labute approximate surface area is 826 Å². The predicted molar refractivity (Wildman–Crippen MR) is 534 cm³/mol. The summed E-state index contributed by atoms with van der Waals surface area (Å²) in [6.45, 7) is 32.7. The number of hydrogen-bond acceptors (Lipinski definition) is 16. The van der Waals surface area contributed by atoms with Crippen molar-refractivity contribution in [3.05, 3.63) is 206 Å². The Morgan fingerprint density at radius 2 is 0.657 bits per heavy atom. The largest absolute Gasteiger partial charge is 0.481 e. The first-order chi connectivity index (χ1) is 65.0. The highest BCUT2D eigenvalue weighted by Gasteiger charge is 2.48. The number of carboxylic acids is 4. The van der Waals surface area contributed by atoms with Gasteiger partial charge in [0.2, 0.25) is 0 Å². The molecule has 23 heteroatoms. The Morgan fingerprint density at radius 3 is 0.971 bits per heavy atom. The molecule has 16 rings (SSSR count). The molecule has 0 bridgehead atoms. The second-order valence-corrected chi connectivity index (χ2v) is 46.8. The van der Waals surface area contributed by atoms with Gasteiger partial charge in [0.1, 0.15) is 46.2 Å². The summed E-state index contributed by atoms with van der Waals surface area (Å²) in [7, 11) is 0. The average Bonchev–Trinajstić information content (AvgIpc) is 1.63. The van der Waals surface area contributed by atoms with E-state index in [1.807, 2.05) is 88.4 Å². The zero-order valence-electron chi connectivity index (χ0n) is 83.7. The minimum absolute atomic E-state index is 0.0258. The number of rotatable bonds is 45. The van der Waals surface area contributed by atoms with E-state index in [4.69, 9.17) is 52.9 Å². The molecule has 742 valence electrons. The van der Waals surface area contributed by atoms with Gasteiger partial charge in [0.25, 0.3) is 0 Å². The van der Waals surface area contributed by atoms with Gasteiger partial charge >= 0.3 is 23.9 Å². The fourth-order valence-corrected chi connectivity index (χ4v) is 23.3. The lowest BCUT2D eigenvalue weighted by molar-refractivity contribution is -0.138. The van der Waals surface area contributed by atoms with Crippen LogP contribution in [0.2, 0.25) is 15.1 Å². The van der Waals surface area contributed by atoms with Crippen LogP contribution in [0.3, 0.4) is 0 Å². The van der Waals surface area contributed by atoms with Crippen molar-refractivity contribution in [3.8, 4) is 0 Å². The number of carbonyl (C=O) groups is 8. The van der Waals surface area contributed by atoms with Crippen LogP contribution in [0.25, 0.3) is 0 Å². The predicted octanol–water partition coefficient (Wildman–Crippen LogP) is 28.9. The topological polar surface area (TPSA) is 322 Å². The normalized spacial score (nSPS) is 21.0. The Bertz CT molecular complexity index is 5530. The van der Waals surface area contributed by atoms with Gasteiger partial charge in [-0.1, -0.05) is 203 Å². The van der Waals surface area contributed by atoms with Crippen molar-refractivity contribution in [3.63, 3.8) is 0 Å². The lowest BCUT2D eigenvalue weighted by Crippen LogP contribution is -2.26. The Hall–Kier alpha value is -8.85. The van der Waals surface area contributed by atoms with Gasteiger partial charge in [-0.05, 0) is 297 Å². The van der Waals surface area contributed by atoms with Crippen molar-refractivity contribution < 1.29 is 76.9 Å². The standard InChI is InChI=1S/C30H41NO4.C29H38ClNO4.C28H36ClNO4.C27H34ClNO4/c1-18-6-7-22(19(2)12-18)15-25(32)16-23(10-11-26(33)34)28-27(21-8-9-21)29(35-31-28)24-13-20(14-24)17-30(3,4)5;1-4-18(5-2)11-19-12-23(13-19)29-27(20-8-9-20)28(31-35-29)22(16-26(33)34)15-24(32)14-21-7-6-17(3)10-25(21)30;1-16-5-6-19(23(29)9-16)12-22(31)13-20(14-24(32)33)26-25(18-7-8-18)27(34-30-26)21-10-17(11-21)15-28(2,3)4;1-15(2)8-17-10-21(11-17)27-25(18-5-6-18)26(29-33-27)20(14-24(31)32)13-22(30)12-19-9-16(3)4-7-23(19)28/h6-7,12,20-21,23-24H,8-11,13-17H2,1-5H3,(H,33,34);6-7,10,18-20,22-23H,4-5,8-9,11-16H2,1-3H3,(H,33,34);5-6,9,17-18,20-21H,7-8,10-15H2,1-4H3,(H,32,33);4,7,9,15,17-18,20-21H,5-6,8,10-14H2,1-3H3,(H,31,32). The van der Waals surface area contributed by atoms with E-state index >= 15 is 0 Å². The maximum atomic E-state index is 13.2. The van der Waals surface area contributed by atoms with E-state index in [1.54, 1.807) is 6.07 Å². The molecular weight excluding hydrogens is 1790 g/mol. The number of benzene rings is 4. The van der Waals surface area contributed by atoms with Gasteiger partial charge in [-0.2, -0.15) is 0 Å². The molecule has 8 aromatic rings. The molecule has 0 aliphatic heterocycles. The van der Waals surface area contributed by atoms with Crippen molar-refractivity contribution in [2.24, 2.45) is 46.3 Å². The van der Waals surface area contributed by atoms with Crippen LogP contribution in [-0.4, -0.2) is 88.1 Å². The molecule has 4 heterocycles. The number of aryl methyl sites for hydroxylation is 5. The van der Waals surface area contributed by atoms with E-state index in [0.717, 1.165) is 216 Å². The quantitative estimate of drug-likeness (QED) is 0.0275. The van der Waals surface area contributed by atoms with E-state index in [1.165, 1.54) is 49.7 Å². The second kappa shape index (κ2) is 46.7. The number of hydrogen-bond donors (Lipinski definition) is 4. The van der Waals surface area contributed by atoms with Crippen LogP contribution in [0.15, 0.2) is 90.9 Å². The second-order valence-electron chi connectivity index (χ2n) is 45.6. The minimum atomic E-state index is -0.925. The SMILES string of the molecule is CCC(CC)CC1CC(c2onc(C(CC(=O)O)CC(=O)Cc3ccc(C)cc3Cl)c2C2CC2)C1.Cc1ccc(CC(=O)CC(CC(=O)O)c2noc(C3CC(CC(C)(C)C)C3)c2C2CC2)c(Cl)c1.Cc1ccc(CC(=O)CC(CCC(=O)O)c2noc(C3CC(CC(C)(C)C)C3)c2C2CC2)c(C)c1.Cc1ccc(Cl)c(CC(=O)CC(CC(=O)O)c2noc(C3CC(CC(C)C)C3)c2C2CC2)c1. The molecule has 8 fully saturated rings. The number of carboxylic acid groups (broad SMARTS) is 4. The first kappa shape index (κ1) is 105. The number of aromatic nitrogens is 4. The van der Waals surface area contributed by atoms with Crippen LogP contribution in [0.5, 0.6) is 0 Å². The van der Waals surface area contributed by atoms with Crippen LogP contribution in [0, 0.1) is 81.0 Å². The minimum Gasteiger partial charge on any atom is -0.481 e. The third-order valence-corrected chi connectivity index (χ3v) is 31.1. The van der Waals surface area contributed by atoms with Gasteiger partial charge in [-0.25, -0.2) is 0 Å². The molecular formula is C114H149Cl3N4O16. The fourth-order valence-electron chi connectivity index (χ4n) is 22.6. The van der Waals surface area contributed by atoms with Crippen LogP contribution in [0.1, 0.15) is 457 Å². The summed E-state index contributed by atoms with van der Waals surface area (Å²) in [6.07, 6.45) is 26.8. The van der Waals surface area contributed by atoms with Crippen molar-refractivity contribution in [1.82, 2.24) is 20.6 Å². The summed E-state index contributed by atoms with van der Waals surface area (Å²) < 4.78 is 23.7. The number of ketones is 4. The molecule has 0 radical (unpaired) electrons. The van der Waals surface area contributed by atoms with Gasteiger partial charge in [0, 0.05) is 142 Å². The molecule has 0 saturated heterocycles. The molecule has 4 N–H and O–H groups in total. The highest BCUT2D eigenvalue weighted by Crippen LogP contribution is 2.59. The van der Waals surface area contributed by atoms with Crippen molar-refractivity contribution in [2.75, 3.05) is 0 Å². The van der Waals surface area contributed by atoms with Crippen LogP contribution < -0.4 is 0 Å². The molecule has 8 saturated carbocycles. The fraction of sp³-hybridized carbons (Fsp3) is 0.614. The molecule has 4 aromatic carbocycles.